The fourth-order valence-electron chi connectivity index (χ4n) is 6.85. The van der Waals surface area contributed by atoms with E-state index >= 15 is 0 Å². The van der Waals surface area contributed by atoms with Crippen molar-refractivity contribution in [3.63, 3.8) is 0 Å². The van der Waals surface area contributed by atoms with E-state index in [1.807, 2.05) is 0 Å². The molecule has 37 heavy (non-hydrogen) atoms. The molecule has 0 nitrogen and oxygen atoms in total. The van der Waals surface area contributed by atoms with E-state index in [0.29, 0.717) is 17.8 Å². The largest absolute Gasteiger partial charge is 0.164 e. The van der Waals surface area contributed by atoms with E-state index in [1.165, 1.54) is 42.2 Å². The zero-order chi connectivity index (χ0) is 26.0. The number of allylic oxidation sites excluding steroid dienone is 1. The molecule has 1 heteroatoms. The summed E-state index contributed by atoms with van der Waals surface area (Å²) in [5.74, 6) is 1.94. The molecule has 0 bridgehead atoms. The van der Waals surface area contributed by atoms with E-state index in [4.69, 9.17) is 0 Å². The van der Waals surface area contributed by atoms with Gasteiger partial charge < -0.3 is 0 Å². The Morgan fingerprint density at radius 2 is 1.30 bits per heavy atom. The van der Waals surface area contributed by atoms with Gasteiger partial charge in [-0.2, -0.15) is 6.07 Å². The van der Waals surface area contributed by atoms with Crippen molar-refractivity contribution < 1.29 is 25.8 Å². The second kappa shape index (κ2) is 13.1. The van der Waals surface area contributed by atoms with Crippen LogP contribution in [0.1, 0.15) is 119 Å². The van der Waals surface area contributed by atoms with Gasteiger partial charge in [0.15, 0.2) is 0 Å². The summed E-state index contributed by atoms with van der Waals surface area (Å²) in [5, 5.41) is 3.13. The molecule has 3 aromatic rings. The van der Waals surface area contributed by atoms with E-state index in [2.05, 4.69) is 91.8 Å². The van der Waals surface area contributed by atoms with Gasteiger partial charge in [-0.1, -0.05) is 104 Å². The van der Waals surface area contributed by atoms with Crippen LogP contribution < -0.4 is 0 Å². The third-order valence-corrected chi connectivity index (χ3v) is 8.50. The van der Waals surface area contributed by atoms with Gasteiger partial charge in [-0.3, -0.25) is 0 Å². The first-order valence-corrected chi connectivity index (χ1v) is 14.9. The third kappa shape index (κ3) is 6.13. The number of hydrogen-bond acceptors (Lipinski definition) is 0. The van der Waals surface area contributed by atoms with Crippen LogP contribution in [0.4, 0.5) is 0 Å². The molecule has 1 aliphatic rings. The SMILES string of the molecule is CCc1ccc(CC)c2c1C=C(CC(C)C)C2CC[c-]1c(CC(C)C)cc2c(CC)ccc(CC)c21.[Hf]. The van der Waals surface area contributed by atoms with Gasteiger partial charge in [0.25, 0.3) is 0 Å². The molecule has 198 valence electrons. The molecule has 0 heterocycles. The van der Waals surface area contributed by atoms with Crippen molar-refractivity contribution in [3.8, 4) is 0 Å². The molecule has 1 aliphatic carbocycles. The van der Waals surface area contributed by atoms with Crippen molar-refractivity contribution in [3.05, 3.63) is 80.4 Å². The zero-order valence-electron chi connectivity index (χ0n) is 24.9. The Morgan fingerprint density at radius 3 is 1.89 bits per heavy atom. The van der Waals surface area contributed by atoms with Crippen LogP contribution in [0.3, 0.4) is 0 Å². The molecule has 0 saturated carbocycles. The van der Waals surface area contributed by atoms with Crippen molar-refractivity contribution in [1.29, 1.82) is 0 Å². The predicted octanol–water partition coefficient (Wildman–Crippen LogP) is 10.2. The monoisotopic (exact) mass is 661 g/mol. The fraction of sp³-hybridized carbons (Fsp3) is 0.528. The van der Waals surface area contributed by atoms with Crippen molar-refractivity contribution in [2.45, 2.75) is 113 Å². The molecule has 0 saturated heterocycles. The molecule has 0 spiro atoms. The summed E-state index contributed by atoms with van der Waals surface area (Å²) in [7, 11) is 0. The Labute approximate surface area is 246 Å². The molecule has 0 amide bonds. The van der Waals surface area contributed by atoms with E-state index in [-0.39, 0.29) is 25.8 Å². The summed E-state index contributed by atoms with van der Waals surface area (Å²) in [6.07, 6.45) is 11.9. The Morgan fingerprint density at radius 1 is 0.730 bits per heavy atom. The molecule has 1 atom stereocenters. The normalized spacial score (nSPS) is 15.0. The summed E-state index contributed by atoms with van der Waals surface area (Å²) in [5.41, 5.74) is 14.3. The molecule has 0 radical (unpaired) electrons. The van der Waals surface area contributed by atoms with Crippen LogP contribution in [0.25, 0.3) is 16.8 Å². The third-order valence-electron chi connectivity index (χ3n) is 8.50. The maximum atomic E-state index is 2.60. The van der Waals surface area contributed by atoms with Gasteiger partial charge in [0.05, 0.1) is 0 Å². The van der Waals surface area contributed by atoms with Gasteiger partial charge in [0.1, 0.15) is 0 Å². The number of hydrogen-bond donors (Lipinski definition) is 0. The van der Waals surface area contributed by atoms with Gasteiger partial charge >= 0.3 is 0 Å². The molecular formula is C36H49Hf-. The van der Waals surface area contributed by atoms with Gasteiger partial charge in [0, 0.05) is 31.8 Å². The van der Waals surface area contributed by atoms with Crippen molar-refractivity contribution in [2.75, 3.05) is 0 Å². The van der Waals surface area contributed by atoms with E-state index in [0.717, 1.165) is 25.7 Å². The maximum Gasteiger partial charge on any atom is 0.00561 e. The summed E-state index contributed by atoms with van der Waals surface area (Å²) >= 11 is 0. The summed E-state index contributed by atoms with van der Waals surface area (Å²) in [6.45, 7) is 18.8. The van der Waals surface area contributed by atoms with Crippen LogP contribution in [0.5, 0.6) is 0 Å². The fourth-order valence-corrected chi connectivity index (χ4v) is 6.85. The second-order valence-corrected chi connectivity index (χ2v) is 12.0. The van der Waals surface area contributed by atoms with Crippen LogP contribution in [-0.4, -0.2) is 0 Å². The smallest absolute Gasteiger partial charge is 0.00561 e. The number of rotatable bonds is 11. The Hall–Kier alpha value is -1.34. The summed E-state index contributed by atoms with van der Waals surface area (Å²) in [4.78, 5) is 0. The first-order valence-electron chi connectivity index (χ1n) is 14.9. The van der Waals surface area contributed by atoms with E-state index in [1.54, 1.807) is 44.3 Å². The molecule has 0 aromatic heterocycles. The van der Waals surface area contributed by atoms with Crippen molar-refractivity contribution in [1.82, 2.24) is 0 Å². The average Bonchev–Trinajstić information content (AvgIpc) is 3.38. The number of aryl methyl sites for hydroxylation is 5. The summed E-state index contributed by atoms with van der Waals surface area (Å²) in [6, 6.07) is 12.2. The first kappa shape index (κ1) is 30.2. The van der Waals surface area contributed by atoms with E-state index < -0.39 is 0 Å². The van der Waals surface area contributed by atoms with Gasteiger partial charge in [-0.15, -0.1) is 33.5 Å². The molecule has 4 rings (SSSR count). The van der Waals surface area contributed by atoms with E-state index in [9.17, 15) is 0 Å². The van der Waals surface area contributed by atoms with Gasteiger partial charge in [0.2, 0.25) is 0 Å². The quantitative estimate of drug-likeness (QED) is 0.142. The predicted molar refractivity (Wildman–Crippen MR) is 161 cm³/mol. The molecule has 0 aliphatic heterocycles. The van der Waals surface area contributed by atoms with Crippen LogP contribution in [0, 0.1) is 11.8 Å². The van der Waals surface area contributed by atoms with Crippen LogP contribution >= 0.6 is 0 Å². The van der Waals surface area contributed by atoms with Crippen molar-refractivity contribution >= 4 is 16.8 Å². The van der Waals surface area contributed by atoms with Gasteiger partial charge in [-0.05, 0) is 72.6 Å². The topological polar surface area (TPSA) is 0 Å². The zero-order valence-corrected chi connectivity index (χ0v) is 28.4. The van der Waals surface area contributed by atoms with Crippen LogP contribution in [0.2, 0.25) is 0 Å². The second-order valence-electron chi connectivity index (χ2n) is 12.0. The molecular weight excluding hydrogens is 611 g/mol. The van der Waals surface area contributed by atoms with Crippen LogP contribution in [0.15, 0.2) is 35.9 Å². The summed E-state index contributed by atoms with van der Waals surface area (Å²) < 4.78 is 0. The Bertz CT molecular complexity index is 1230. The molecule has 0 N–H and O–H groups in total. The Balaban J connectivity index is 0.00000380. The number of benzene rings is 2. The maximum absolute atomic E-state index is 2.60. The van der Waals surface area contributed by atoms with Crippen LogP contribution in [-0.2, 0) is 64.4 Å². The minimum Gasteiger partial charge on any atom is -0.164 e. The molecule has 3 aromatic carbocycles. The number of fused-ring (bicyclic) bond motifs is 2. The standard InChI is InChI=1S/C36H49.Hf/c1-9-25-13-15-27(11-3)35-31(29(19-23(5)6)21-33(25)35)17-18-32-30(20-24(7)8)22-34-26(10-2)14-16-28(12-4)36(32)34;/h13-16,21-24,31H,9-12,17-20H2,1-8H3;/q-1;. The van der Waals surface area contributed by atoms with Gasteiger partial charge in [-0.25, -0.2) is 0 Å². The average molecular weight is 660 g/mol. The minimum absolute atomic E-state index is 0. The molecule has 1 unspecified atom stereocenters. The first-order chi connectivity index (χ1) is 17.3. The Kier molecular flexibility index (Phi) is 10.7. The molecule has 0 fully saturated rings. The minimum atomic E-state index is 0. The van der Waals surface area contributed by atoms with Crippen molar-refractivity contribution in [2.24, 2.45) is 11.8 Å².